The smallest absolute Gasteiger partial charge is 0.106 e. The minimum atomic E-state index is 0.116. The topological polar surface area (TPSA) is 38.9 Å². The molecule has 0 unspecified atom stereocenters. The molecule has 0 aliphatic rings. The number of hydrogen-bond acceptors (Lipinski definition) is 2. The van der Waals surface area contributed by atoms with Crippen LogP contribution in [0.2, 0.25) is 0 Å². The van der Waals surface area contributed by atoms with Gasteiger partial charge in [0.2, 0.25) is 0 Å². The number of pyridine rings is 1. The third-order valence-electron chi connectivity index (χ3n) is 1.93. The first kappa shape index (κ1) is 9.68. The van der Waals surface area contributed by atoms with E-state index in [1.54, 1.807) is 0 Å². The van der Waals surface area contributed by atoms with E-state index < -0.39 is 0 Å². The van der Waals surface area contributed by atoms with Crippen LogP contribution in [0.3, 0.4) is 0 Å². The third-order valence-corrected chi connectivity index (χ3v) is 2.37. The molecule has 0 aliphatic carbocycles. The van der Waals surface area contributed by atoms with Crippen LogP contribution in [0.15, 0.2) is 16.7 Å². The lowest BCUT2D eigenvalue weighted by molar-refractivity contribution is 0.688. The molecule has 66 valence electrons. The van der Waals surface area contributed by atoms with Crippen LogP contribution in [-0.2, 0) is 0 Å². The normalized spacial score (nSPS) is 13.0. The molecule has 1 atom stereocenters. The minimum absolute atomic E-state index is 0.116. The van der Waals surface area contributed by atoms with Gasteiger partial charge in [0, 0.05) is 11.7 Å². The van der Waals surface area contributed by atoms with Crippen molar-refractivity contribution >= 4 is 15.9 Å². The van der Waals surface area contributed by atoms with Crippen LogP contribution in [0.25, 0.3) is 0 Å². The summed E-state index contributed by atoms with van der Waals surface area (Å²) in [5.74, 6) is 0. The van der Waals surface area contributed by atoms with E-state index in [-0.39, 0.29) is 6.04 Å². The van der Waals surface area contributed by atoms with Gasteiger partial charge in [-0.3, -0.25) is 0 Å². The maximum atomic E-state index is 5.89. The number of nitrogens with zero attached hydrogens (tertiary/aromatic N) is 1. The Morgan fingerprint density at radius 1 is 1.58 bits per heavy atom. The lowest BCUT2D eigenvalue weighted by Crippen LogP contribution is -2.10. The van der Waals surface area contributed by atoms with Crippen molar-refractivity contribution in [3.8, 4) is 0 Å². The Kier molecular flexibility index (Phi) is 3.23. The molecule has 2 N–H and O–H groups in total. The fraction of sp³-hybridized carbons (Fsp3) is 0.444. The predicted octanol–water partition coefficient (Wildman–Crippen LogP) is 2.56. The van der Waals surface area contributed by atoms with Crippen molar-refractivity contribution in [3.63, 3.8) is 0 Å². The first-order valence-electron chi connectivity index (χ1n) is 4.03. The van der Waals surface area contributed by atoms with E-state index in [1.165, 1.54) is 0 Å². The summed E-state index contributed by atoms with van der Waals surface area (Å²) in [6.45, 7) is 4.06. The second kappa shape index (κ2) is 4.01. The molecule has 0 amide bonds. The van der Waals surface area contributed by atoms with Gasteiger partial charge in [-0.25, -0.2) is 4.98 Å². The van der Waals surface area contributed by atoms with E-state index in [2.05, 4.69) is 27.8 Å². The highest BCUT2D eigenvalue weighted by molar-refractivity contribution is 9.10. The van der Waals surface area contributed by atoms with E-state index in [0.29, 0.717) is 0 Å². The Morgan fingerprint density at radius 3 is 2.75 bits per heavy atom. The number of rotatable bonds is 2. The zero-order valence-electron chi connectivity index (χ0n) is 7.34. The highest BCUT2D eigenvalue weighted by atomic mass is 79.9. The quantitative estimate of drug-likeness (QED) is 0.791. The minimum Gasteiger partial charge on any atom is -0.324 e. The fourth-order valence-corrected chi connectivity index (χ4v) is 1.55. The molecule has 1 aromatic rings. The summed E-state index contributed by atoms with van der Waals surface area (Å²) >= 11 is 3.32. The Labute approximate surface area is 81.3 Å². The maximum absolute atomic E-state index is 5.89. The van der Waals surface area contributed by atoms with Crippen LogP contribution in [0.1, 0.15) is 30.6 Å². The van der Waals surface area contributed by atoms with Crippen LogP contribution in [0.4, 0.5) is 0 Å². The van der Waals surface area contributed by atoms with E-state index in [1.807, 2.05) is 19.1 Å². The van der Waals surface area contributed by atoms with Crippen molar-refractivity contribution in [1.29, 1.82) is 0 Å². The van der Waals surface area contributed by atoms with Crippen LogP contribution >= 0.6 is 15.9 Å². The molecule has 1 aromatic heterocycles. The van der Waals surface area contributed by atoms with Gasteiger partial charge in [0.05, 0.1) is 0 Å². The van der Waals surface area contributed by atoms with Crippen LogP contribution in [0, 0.1) is 6.92 Å². The summed E-state index contributed by atoms with van der Waals surface area (Å²) in [6, 6.07) is 4.07. The molecule has 0 aliphatic heterocycles. The largest absolute Gasteiger partial charge is 0.324 e. The van der Waals surface area contributed by atoms with Crippen molar-refractivity contribution in [1.82, 2.24) is 4.98 Å². The molecule has 0 saturated carbocycles. The highest BCUT2D eigenvalue weighted by Gasteiger charge is 2.06. The molecule has 12 heavy (non-hydrogen) atoms. The summed E-state index contributed by atoms with van der Waals surface area (Å²) < 4.78 is 0.868. The second-order valence-corrected chi connectivity index (χ2v) is 3.64. The lowest BCUT2D eigenvalue weighted by atomic mass is 10.0. The summed E-state index contributed by atoms with van der Waals surface area (Å²) in [6.07, 6.45) is 0.949. The molecule has 0 bridgehead atoms. The number of nitrogens with two attached hydrogens (primary N) is 1. The van der Waals surface area contributed by atoms with Crippen molar-refractivity contribution in [3.05, 3.63) is 28.0 Å². The monoisotopic (exact) mass is 228 g/mol. The standard InChI is InChI=1S/C9H13BrN2/c1-3-8(11)7-4-5-9(10)12-6(7)2/h4-5,8H,3,11H2,1-2H3/t8-/m0/s1. The first-order valence-corrected chi connectivity index (χ1v) is 4.83. The summed E-state index contributed by atoms with van der Waals surface area (Å²) in [5, 5.41) is 0. The SMILES string of the molecule is CC[C@H](N)c1ccc(Br)nc1C. The highest BCUT2D eigenvalue weighted by Crippen LogP contribution is 2.18. The summed E-state index contributed by atoms with van der Waals surface area (Å²) in [5.41, 5.74) is 8.04. The lowest BCUT2D eigenvalue weighted by Gasteiger charge is -2.11. The number of hydrogen-bond donors (Lipinski definition) is 1. The van der Waals surface area contributed by atoms with Crippen LogP contribution < -0.4 is 5.73 Å². The third kappa shape index (κ3) is 2.05. The van der Waals surface area contributed by atoms with Gasteiger partial charge in [-0.2, -0.15) is 0 Å². The van der Waals surface area contributed by atoms with Gasteiger partial charge < -0.3 is 5.73 Å². The molecular weight excluding hydrogens is 216 g/mol. The zero-order chi connectivity index (χ0) is 9.14. The van der Waals surface area contributed by atoms with Gasteiger partial charge in [0.1, 0.15) is 4.60 Å². The van der Waals surface area contributed by atoms with Crippen molar-refractivity contribution in [2.24, 2.45) is 5.73 Å². The van der Waals surface area contributed by atoms with Gasteiger partial charge in [-0.05, 0) is 40.9 Å². The molecule has 0 radical (unpaired) electrons. The van der Waals surface area contributed by atoms with E-state index >= 15 is 0 Å². The van der Waals surface area contributed by atoms with Gasteiger partial charge >= 0.3 is 0 Å². The molecule has 0 aromatic carbocycles. The maximum Gasteiger partial charge on any atom is 0.106 e. The van der Waals surface area contributed by atoms with E-state index in [4.69, 9.17) is 5.73 Å². The molecular formula is C9H13BrN2. The Morgan fingerprint density at radius 2 is 2.25 bits per heavy atom. The van der Waals surface area contributed by atoms with E-state index in [0.717, 1.165) is 22.3 Å². The molecule has 1 heterocycles. The number of aryl methyl sites for hydroxylation is 1. The fourth-order valence-electron chi connectivity index (χ4n) is 1.15. The van der Waals surface area contributed by atoms with Crippen molar-refractivity contribution in [2.45, 2.75) is 26.3 Å². The Hall–Kier alpha value is -0.410. The molecule has 1 rings (SSSR count). The predicted molar refractivity (Wildman–Crippen MR) is 53.9 cm³/mol. The first-order chi connectivity index (χ1) is 5.65. The van der Waals surface area contributed by atoms with Gasteiger partial charge in [-0.15, -0.1) is 0 Å². The molecule has 0 saturated heterocycles. The molecule has 2 nitrogen and oxygen atoms in total. The average molecular weight is 229 g/mol. The average Bonchev–Trinajstić information content (AvgIpc) is 2.03. The van der Waals surface area contributed by atoms with Crippen LogP contribution in [-0.4, -0.2) is 4.98 Å². The summed E-state index contributed by atoms with van der Waals surface area (Å²) in [7, 11) is 0. The van der Waals surface area contributed by atoms with Gasteiger partial charge in [0.25, 0.3) is 0 Å². The van der Waals surface area contributed by atoms with Crippen LogP contribution in [0.5, 0.6) is 0 Å². The van der Waals surface area contributed by atoms with Gasteiger partial charge in [0.15, 0.2) is 0 Å². The molecule has 3 heteroatoms. The van der Waals surface area contributed by atoms with Gasteiger partial charge in [-0.1, -0.05) is 13.0 Å². The van der Waals surface area contributed by atoms with Crippen molar-refractivity contribution in [2.75, 3.05) is 0 Å². The number of halogens is 1. The number of aromatic nitrogens is 1. The Balaban J connectivity index is 3.01. The zero-order valence-corrected chi connectivity index (χ0v) is 8.93. The summed E-state index contributed by atoms with van der Waals surface area (Å²) in [4.78, 5) is 4.28. The second-order valence-electron chi connectivity index (χ2n) is 2.82. The molecule has 0 spiro atoms. The molecule has 0 fully saturated rings. The van der Waals surface area contributed by atoms with E-state index in [9.17, 15) is 0 Å². The Bertz CT molecular complexity index is 273. The van der Waals surface area contributed by atoms with Crippen molar-refractivity contribution < 1.29 is 0 Å².